The number of hydrogen-bond acceptors (Lipinski definition) is 0. The summed E-state index contributed by atoms with van der Waals surface area (Å²) in [6.45, 7) is 0. The first-order chi connectivity index (χ1) is 18.9. The maximum absolute atomic E-state index is 2.23. The molecule has 0 nitrogen and oxygen atoms in total. The van der Waals surface area contributed by atoms with E-state index in [0.29, 0.717) is 0 Å². The molecule has 3 heteroatoms. The zero-order chi connectivity index (χ0) is 25.8. The molecule has 0 spiro atoms. The van der Waals surface area contributed by atoms with Gasteiger partial charge in [0.1, 0.15) is 0 Å². The van der Waals surface area contributed by atoms with Crippen molar-refractivity contribution in [1.82, 2.24) is 0 Å². The topological polar surface area (TPSA) is 0 Å². The van der Waals surface area contributed by atoms with Gasteiger partial charge in [-0.3, -0.25) is 0 Å². The van der Waals surface area contributed by atoms with Gasteiger partial charge < -0.3 is 0 Å². The molecule has 0 aliphatic heterocycles. The minimum atomic E-state index is -0.446. The fraction of sp³-hybridized carbons (Fsp3) is 0. The Kier molecular flexibility index (Phi) is 11.4. The van der Waals surface area contributed by atoms with Crippen LogP contribution in [0, 0.1) is 0 Å². The van der Waals surface area contributed by atoms with E-state index in [-0.39, 0.29) is 20.4 Å². The van der Waals surface area contributed by atoms with Crippen molar-refractivity contribution in [1.29, 1.82) is 0 Å². The van der Waals surface area contributed by atoms with Gasteiger partial charge in [0.25, 0.3) is 0 Å². The van der Waals surface area contributed by atoms with Crippen LogP contribution in [0.2, 0.25) is 0 Å². The molecular weight excluding hydrogens is 601 g/mol. The Morgan fingerprint density at radius 2 is 0.333 bits per heavy atom. The van der Waals surface area contributed by atoms with Gasteiger partial charge in [0.2, 0.25) is 0 Å². The van der Waals surface area contributed by atoms with E-state index in [4.69, 9.17) is 0 Å². The third kappa shape index (κ3) is 7.93. The normalized spacial score (nSPS) is 10.3. The second-order valence-corrected chi connectivity index (χ2v) is 13.1. The molecule has 0 amide bonds. The van der Waals surface area contributed by atoms with E-state index in [9.17, 15) is 0 Å². The maximum Gasteiger partial charge on any atom is 2.00 e. The van der Waals surface area contributed by atoms with Crippen LogP contribution >= 0.6 is 15.8 Å². The van der Waals surface area contributed by atoms with E-state index >= 15 is 0 Å². The predicted molar refractivity (Wildman–Crippen MR) is 170 cm³/mol. The molecular formula is C36H30P2Pd+2. The molecule has 0 N–H and O–H groups in total. The van der Waals surface area contributed by atoms with Gasteiger partial charge in [-0.05, 0) is 47.7 Å². The molecule has 0 saturated heterocycles. The molecule has 0 bridgehead atoms. The molecule has 6 aromatic carbocycles. The summed E-state index contributed by atoms with van der Waals surface area (Å²) < 4.78 is 0. The molecule has 0 fully saturated rings. The van der Waals surface area contributed by atoms with Crippen LogP contribution in [0.5, 0.6) is 0 Å². The van der Waals surface area contributed by atoms with Crippen LogP contribution in [0.4, 0.5) is 0 Å². The number of benzene rings is 6. The van der Waals surface area contributed by atoms with Crippen LogP contribution in [-0.2, 0) is 20.4 Å². The first-order valence-corrected chi connectivity index (χ1v) is 15.5. The molecule has 0 radical (unpaired) electrons. The zero-order valence-corrected chi connectivity index (χ0v) is 24.9. The smallest absolute Gasteiger partial charge is 0.0622 e. The van der Waals surface area contributed by atoms with Crippen molar-refractivity contribution in [2.75, 3.05) is 0 Å². The SMILES string of the molecule is [Pd+2].c1ccc(P(c2ccccc2)c2ccccc2)cc1.c1ccc(P(c2ccccc2)c2ccccc2)cc1. The summed E-state index contributed by atoms with van der Waals surface area (Å²) in [5.41, 5.74) is 0. The minimum absolute atomic E-state index is 0. The second kappa shape index (κ2) is 15.4. The molecule has 0 aliphatic rings. The van der Waals surface area contributed by atoms with Crippen molar-refractivity contribution in [3.63, 3.8) is 0 Å². The van der Waals surface area contributed by atoms with Crippen molar-refractivity contribution in [3.05, 3.63) is 182 Å². The average molecular weight is 631 g/mol. The summed E-state index contributed by atoms with van der Waals surface area (Å²) in [5.74, 6) is 0. The fourth-order valence-electron chi connectivity index (χ4n) is 4.36. The molecule has 0 aliphatic carbocycles. The van der Waals surface area contributed by atoms with Gasteiger partial charge in [-0.1, -0.05) is 182 Å². The second-order valence-electron chi connectivity index (χ2n) is 8.68. The van der Waals surface area contributed by atoms with Crippen LogP contribution in [0.15, 0.2) is 182 Å². The Balaban J connectivity index is 0.000000176. The molecule has 0 saturated carbocycles. The summed E-state index contributed by atoms with van der Waals surface area (Å²) in [7, 11) is -0.892. The first kappa shape index (κ1) is 28.8. The first-order valence-electron chi connectivity index (χ1n) is 12.8. The van der Waals surface area contributed by atoms with E-state index < -0.39 is 15.8 Å². The summed E-state index contributed by atoms with van der Waals surface area (Å²) >= 11 is 0. The van der Waals surface area contributed by atoms with Crippen molar-refractivity contribution in [2.45, 2.75) is 0 Å². The van der Waals surface area contributed by atoms with Gasteiger partial charge in [-0.15, -0.1) is 0 Å². The van der Waals surface area contributed by atoms with E-state index in [0.717, 1.165) is 0 Å². The van der Waals surface area contributed by atoms with Crippen LogP contribution < -0.4 is 31.8 Å². The quantitative estimate of drug-likeness (QED) is 0.139. The molecule has 0 aromatic heterocycles. The summed E-state index contributed by atoms with van der Waals surface area (Å²) in [6, 6.07) is 64.7. The zero-order valence-electron chi connectivity index (χ0n) is 21.5. The third-order valence-corrected chi connectivity index (χ3v) is 11.0. The van der Waals surface area contributed by atoms with Crippen LogP contribution in [0.1, 0.15) is 0 Å². The molecule has 6 aromatic rings. The summed E-state index contributed by atoms with van der Waals surface area (Å²) in [5, 5.41) is 8.39. The van der Waals surface area contributed by atoms with E-state index in [2.05, 4.69) is 182 Å². The fourth-order valence-corrected chi connectivity index (χ4v) is 8.97. The van der Waals surface area contributed by atoms with Gasteiger partial charge in [-0.2, -0.15) is 0 Å². The maximum atomic E-state index is 2.23. The van der Waals surface area contributed by atoms with Crippen LogP contribution in [0.25, 0.3) is 0 Å². The van der Waals surface area contributed by atoms with E-state index in [1.807, 2.05) is 0 Å². The van der Waals surface area contributed by atoms with Crippen LogP contribution in [0.3, 0.4) is 0 Å². The van der Waals surface area contributed by atoms with Gasteiger partial charge >= 0.3 is 20.4 Å². The Bertz CT molecular complexity index is 1170. The molecule has 0 heterocycles. The molecule has 192 valence electrons. The van der Waals surface area contributed by atoms with Crippen molar-refractivity contribution >= 4 is 47.7 Å². The van der Waals surface area contributed by atoms with Gasteiger partial charge in [0.05, 0.1) is 0 Å². The Morgan fingerprint density at radius 1 is 0.205 bits per heavy atom. The largest absolute Gasteiger partial charge is 2.00 e. The standard InChI is InChI=1S/2C18H15P.Pd/c2*1-4-10-16(11-5-1)19(17-12-6-2-7-13-17)18-14-8-3-9-15-18;/h2*1-15H;/q;;+2. The van der Waals surface area contributed by atoms with E-state index in [1.165, 1.54) is 31.8 Å². The summed E-state index contributed by atoms with van der Waals surface area (Å²) in [6.07, 6.45) is 0. The third-order valence-electron chi connectivity index (χ3n) is 6.09. The predicted octanol–water partition coefficient (Wildman–Crippen LogP) is 6.89. The monoisotopic (exact) mass is 630 g/mol. The van der Waals surface area contributed by atoms with Crippen molar-refractivity contribution in [3.8, 4) is 0 Å². The van der Waals surface area contributed by atoms with Gasteiger partial charge in [0, 0.05) is 0 Å². The Morgan fingerprint density at radius 3 is 0.462 bits per heavy atom. The molecule has 0 unspecified atom stereocenters. The Labute approximate surface area is 249 Å². The van der Waals surface area contributed by atoms with Gasteiger partial charge in [-0.25, -0.2) is 0 Å². The van der Waals surface area contributed by atoms with E-state index in [1.54, 1.807) is 0 Å². The molecule has 0 atom stereocenters. The van der Waals surface area contributed by atoms with Crippen molar-refractivity contribution in [2.24, 2.45) is 0 Å². The van der Waals surface area contributed by atoms with Crippen molar-refractivity contribution < 1.29 is 20.4 Å². The molecule has 6 rings (SSSR count). The average Bonchev–Trinajstić information content (AvgIpc) is 3.01. The minimum Gasteiger partial charge on any atom is -0.0622 e. The Hall–Kier alpha value is -3.16. The number of hydrogen-bond donors (Lipinski definition) is 0. The van der Waals surface area contributed by atoms with Gasteiger partial charge in [0.15, 0.2) is 0 Å². The molecule has 39 heavy (non-hydrogen) atoms. The summed E-state index contributed by atoms with van der Waals surface area (Å²) in [4.78, 5) is 0. The number of rotatable bonds is 6. The van der Waals surface area contributed by atoms with Crippen LogP contribution in [-0.4, -0.2) is 0 Å².